The van der Waals surface area contributed by atoms with Gasteiger partial charge in [0.15, 0.2) is 0 Å². The minimum absolute atomic E-state index is 0.235. The number of rotatable bonds is 9. The van der Waals surface area contributed by atoms with Gasteiger partial charge in [-0.1, -0.05) is 12.1 Å². The largest absolute Gasteiger partial charge is 0.494 e. The molecule has 0 aliphatic carbocycles. The Morgan fingerprint density at radius 3 is 2.39 bits per heavy atom. The van der Waals surface area contributed by atoms with Crippen LogP contribution in [0.4, 0.5) is 0 Å². The van der Waals surface area contributed by atoms with Crippen LogP contribution in [0, 0.1) is 0 Å². The maximum absolute atomic E-state index is 9.22. The van der Waals surface area contributed by atoms with E-state index in [9.17, 15) is 5.11 Å². The molecule has 3 heteroatoms. The summed E-state index contributed by atoms with van der Waals surface area (Å²) in [7, 11) is 1.72. The summed E-state index contributed by atoms with van der Waals surface area (Å²) in [6.45, 7) is 3.34. The van der Waals surface area contributed by atoms with E-state index in [1.807, 2.05) is 19.1 Å². The van der Waals surface area contributed by atoms with Gasteiger partial charge in [0.2, 0.25) is 0 Å². The SMILES string of the molecule is COCCCCOc1ccc(CCC(C)O)cc1. The lowest BCUT2D eigenvalue weighted by Gasteiger charge is -2.08. The fraction of sp³-hybridized carbons (Fsp3) is 0.600. The molecular formula is C15H24O3. The van der Waals surface area contributed by atoms with Crippen molar-refractivity contribution >= 4 is 0 Å². The van der Waals surface area contributed by atoms with Crippen LogP contribution in [0.1, 0.15) is 31.7 Å². The maximum Gasteiger partial charge on any atom is 0.119 e. The maximum atomic E-state index is 9.22. The molecule has 0 fully saturated rings. The Morgan fingerprint density at radius 2 is 1.78 bits per heavy atom. The van der Waals surface area contributed by atoms with Crippen molar-refractivity contribution in [3.63, 3.8) is 0 Å². The van der Waals surface area contributed by atoms with E-state index in [1.54, 1.807) is 7.11 Å². The highest BCUT2D eigenvalue weighted by Crippen LogP contribution is 2.14. The minimum atomic E-state index is -0.235. The van der Waals surface area contributed by atoms with Crippen molar-refractivity contribution < 1.29 is 14.6 Å². The normalized spacial score (nSPS) is 12.4. The lowest BCUT2D eigenvalue weighted by atomic mass is 10.1. The predicted octanol–water partition coefficient (Wildman–Crippen LogP) is 2.81. The van der Waals surface area contributed by atoms with E-state index >= 15 is 0 Å². The molecule has 0 aliphatic heterocycles. The highest BCUT2D eigenvalue weighted by atomic mass is 16.5. The van der Waals surface area contributed by atoms with Crippen LogP contribution in [0.2, 0.25) is 0 Å². The Hall–Kier alpha value is -1.06. The van der Waals surface area contributed by atoms with Crippen molar-refractivity contribution in [2.75, 3.05) is 20.3 Å². The molecule has 0 saturated heterocycles. The Labute approximate surface area is 110 Å². The third kappa shape index (κ3) is 6.62. The lowest BCUT2D eigenvalue weighted by molar-refractivity contribution is 0.184. The molecule has 0 spiro atoms. The zero-order valence-electron chi connectivity index (χ0n) is 11.4. The zero-order chi connectivity index (χ0) is 13.2. The molecule has 0 bridgehead atoms. The predicted molar refractivity (Wildman–Crippen MR) is 73.0 cm³/mol. The molecule has 0 aliphatic rings. The van der Waals surface area contributed by atoms with E-state index in [0.717, 1.165) is 44.6 Å². The fourth-order valence-electron chi connectivity index (χ4n) is 1.67. The van der Waals surface area contributed by atoms with E-state index in [2.05, 4.69) is 12.1 Å². The highest BCUT2D eigenvalue weighted by Gasteiger charge is 1.99. The first-order valence-corrected chi connectivity index (χ1v) is 6.61. The van der Waals surface area contributed by atoms with E-state index < -0.39 is 0 Å². The molecule has 1 atom stereocenters. The van der Waals surface area contributed by atoms with Crippen molar-refractivity contribution in [1.82, 2.24) is 0 Å². The molecule has 0 saturated carbocycles. The molecule has 18 heavy (non-hydrogen) atoms. The Bertz CT molecular complexity index is 306. The molecule has 1 unspecified atom stereocenters. The quantitative estimate of drug-likeness (QED) is 0.687. The topological polar surface area (TPSA) is 38.7 Å². The van der Waals surface area contributed by atoms with Gasteiger partial charge in [-0.05, 0) is 50.3 Å². The summed E-state index contributed by atoms with van der Waals surface area (Å²) in [6.07, 6.45) is 3.52. The first kappa shape index (κ1) is 15.0. The molecule has 3 nitrogen and oxygen atoms in total. The Kier molecular flexibility index (Phi) is 7.46. The van der Waals surface area contributed by atoms with Gasteiger partial charge in [-0.3, -0.25) is 0 Å². The summed E-state index contributed by atoms with van der Waals surface area (Å²) in [5.41, 5.74) is 1.24. The number of aryl methyl sites for hydroxylation is 1. The van der Waals surface area contributed by atoms with E-state index in [4.69, 9.17) is 9.47 Å². The second kappa shape index (κ2) is 8.95. The van der Waals surface area contributed by atoms with Crippen LogP contribution in [-0.2, 0) is 11.2 Å². The summed E-state index contributed by atoms with van der Waals surface area (Å²) < 4.78 is 10.6. The summed E-state index contributed by atoms with van der Waals surface area (Å²) in [5, 5.41) is 9.22. The van der Waals surface area contributed by atoms with Gasteiger partial charge in [0.1, 0.15) is 5.75 Å². The summed E-state index contributed by atoms with van der Waals surface area (Å²) in [5.74, 6) is 0.910. The number of aliphatic hydroxyl groups excluding tert-OH is 1. The van der Waals surface area contributed by atoms with Gasteiger partial charge >= 0.3 is 0 Å². The molecule has 1 rings (SSSR count). The standard InChI is InChI=1S/C15H24O3/c1-13(16)5-6-14-7-9-15(10-8-14)18-12-4-3-11-17-2/h7-10,13,16H,3-6,11-12H2,1-2H3. The smallest absolute Gasteiger partial charge is 0.119 e. The highest BCUT2D eigenvalue weighted by molar-refractivity contribution is 5.27. The number of ether oxygens (including phenoxy) is 2. The van der Waals surface area contributed by atoms with Crippen LogP contribution < -0.4 is 4.74 Å². The van der Waals surface area contributed by atoms with E-state index in [-0.39, 0.29) is 6.10 Å². The van der Waals surface area contributed by atoms with Crippen molar-refractivity contribution in [2.45, 2.75) is 38.7 Å². The zero-order valence-corrected chi connectivity index (χ0v) is 11.4. The van der Waals surface area contributed by atoms with Gasteiger partial charge in [-0.2, -0.15) is 0 Å². The van der Waals surface area contributed by atoms with Crippen LogP contribution in [0.15, 0.2) is 24.3 Å². The van der Waals surface area contributed by atoms with Crippen LogP contribution in [0.3, 0.4) is 0 Å². The molecule has 1 N–H and O–H groups in total. The number of hydrogen-bond acceptors (Lipinski definition) is 3. The average molecular weight is 252 g/mol. The van der Waals surface area contributed by atoms with Crippen LogP contribution in [0.25, 0.3) is 0 Å². The minimum Gasteiger partial charge on any atom is -0.494 e. The van der Waals surface area contributed by atoms with Crippen molar-refractivity contribution in [2.24, 2.45) is 0 Å². The average Bonchev–Trinajstić information content (AvgIpc) is 2.37. The Balaban J connectivity index is 2.23. The second-order valence-corrected chi connectivity index (χ2v) is 4.58. The van der Waals surface area contributed by atoms with Gasteiger partial charge in [0, 0.05) is 13.7 Å². The van der Waals surface area contributed by atoms with Crippen molar-refractivity contribution in [1.29, 1.82) is 0 Å². The monoisotopic (exact) mass is 252 g/mol. The number of aliphatic hydroxyl groups is 1. The van der Waals surface area contributed by atoms with Crippen molar-refractivity contribution in [3.8, 4) is 5.75 Å². The van der Waals surface area contributed by atoms with E-state index in [1.165, 1.54) is 5.56 Å². The van der Waals surface area contributed by atoms with E-state index in [0.29, 0.717) is 0 Å². The van der Waals surface area contributed by atoms with Crippen molar-refractivity contribution in [3.05, 3.63) is 29.8 Å². The molecule has 0 amide bonds. The first-order valence-electron chi connectivity index (χ1n) is 6.61. The third-order valence-electron chi connectivity index (χ3n) is 2.79. The molecule has 0 radical (unpaired) electrons. The molecule has 0 aromatic heterocycles. The first-order chi connectivity index (χ1) is 8.72. The summed E-state index contributed by atoms with van der Waals surface area (Å²) in [4.78, 5) is 0. The second-order valence-electron chi connectivity index (χ2n) is 4.58. The Morgan fingerprint density at radius 1 is 1.11 bits per heavy atom. The van der Waals surface area contributed by atoms with Gasteiger partial charge in [0.25, 0.3) is 0 Å². The number of unbranched alkanes of at least 4 members (excludes halogenated alkanes) is 1. The van der Waals surface area contributed by atoms with Crippen LogP contribution >= 0.6 is 0 Å². The summed E-state index contributed by atoms with van der Waals surface area (Å²) in [6, 6.07) is 8.11. The lowest BCUT2D eigenvalue weighted by Crippen LogP contribution is -2.02. The fourth-order valence-corrected chi connectivity index (χ4v) is 1.67. The van der Waals surface area contributed by atoms with Gasteiger partial charge < -0.3 is 14.6 Å². The molecule has 0 heterocycles. The van der Waals surface area contributed by atoms with Gasteiger partial charge in [-0.25, -0.2) is 0 Å². The number of benzene rings is 1. The van der Waals surface area contributed by atoms with Crippen LogP contribution in [-0.4, -0.2) is 31.5 Å². The van der Waals surface area contributed by atoms with Gasteiger partial charge in [0.05, 0.1) is 12.7 Å². The molecule has 1 aromatic rings. The third-order valence-corrected chi connectivity index (χ3v) is 2.79. The summed E-state index contributed by atoms with van der Waals surface area (Å²) >= 11 is 0. The number of methoxy groups -OCH3 is 1. The molecule has 1 aromatic carbocycles. The van der Waals surface area contributed by atoms with Gasteiger partial charge in [-0.15, -0.1) is 0 Å². The van der Waals surface area contributed by atoms with Crippen LogP contribution in [0.5, 0.6) is 5.75 Å². The molecule has 102 valence electrons. The number of hydrogen-bond donors (Lipinski definition) is 1. The molecular weight excluding hydrogens is 228 g/mol.